The maximum atomic E-state index is 11.8. The molecule has 3 N–H and O–H groups in total. The summed E-state index contributed by atoms with van der Waals surface area (Å²) < 4.78 is 4.54. The Kier molecular flexibility index (Phi) is 9.20. The van der Waals surface area contributed by atoms with Crippen LogP contribution in [0.15, 0.2) is 24.3 Å². The monoisotopic (exact) mass is 300 g/mol. The van der Waals surface area contributed by atoms with Crippen LogP contribution >= 0.6 is 12.4 Å². The lowest BCUT2D eigenvalue weighted by molar-refractivity contribution is -0.140. The number of nitrogen functional groups attached to an aromatic ring is 1. The number of methoxy groups -OCH3 is 1. The summed E-state index contributed by atoms with van der Waals surface area (Å²) in [5.41, 5.74) is 6.68. The van der Waals surface area contributed by atoms with Crippen molar-refractivity contribution in [2.24, 2.45) is 0 Å². The minimum absolute atomic E-state index is 0. The third-order valence-corrected chi connectivity index (χ3v) is 2.78. The molecule has 112 valence electrons. The average Bonchev–Trinajstić information content (AvgIpc) is 2.42. The van der Waals surface area contributed by atoms with E-state index in [0.29, 0.717) is 24.2 Å². The quantitative estimate of drug-likeness (QED) is 0.459. The molecule has 0 aliphatic rings. The predicted octanol–water partition coefficient (Wildman–Crippen LogP) is 2.15. The van der Waals surface area contributed by atoms with Crippen LogP contribution in [0, 0.1) is 0 Å². The Balaban J connectivity index is 0.00000361. The fourth-order valence-corrected chi connectivity index (χ4v) is 1.67. The van der Waals surface area contributed by atoms with Gasteiger partial charge in [0.2, 0.25) is 0 Å². The summed E-state index contributed by atoms with van der Waals surface area (Å²) in [5, 5.41) is 2.81. The van der Waals surface area contributed by atoms with Gasteiger partial charge in [-0.15, -0.1) is 12.4 Å². The Morgan fingerprint density at radius 1 is 1.20 bits per heavy atom. The van der Waals surface area contributed by atoms with Gasteiger partial charge in [-0.3, -0.25) is 9.59 Å². The van der Waals surface area contributed by atoms with E-state index in [-0.39, 0.29) is 24.3 Å². The molecule has 0 spiro atoms. The number of esters is 1. The van der Waals surface area contributed by atoms with Crippen molar-refractivity contribution < 1.29 is 14.3 Å². The number of hydrogen-bond donors (Lipinski definition) is 2. The molecule has 0 atom stereocenters. The summed E-state index contributed by atoms with van der Waals surface area (Å²) in [6, 6.07) is 6.97. The lowest BCUT2D eigenvalue weighted by Crippen LogP contribution is -2.25. The molecule has 0 fully saturated rings. The first-order chi connectivity index (χ1) is 9.15. The second kappa shape index (κ2) is 10.1. The number of carbonyl (C=O) groups is 2. The molecule has 5 nitrogen and oxygen atoms in total. The Hall–Kier alpha value is -1.75. The van der Waals surface area contributed by atoms with Crippen LogP contribution in [0.5, 0.6) is 0 Å². The molecule has 0 saturated heterocycles. The van der Waals surface area contributed by atoms with Gasteiger partial charge in [-0.25, -0.2) is 0 Å². The highest BCUT2D eigenvalue weighted by atomic mass is 35.5. The van der Waals surface area contributed by atoms with Gasteiger partial charge in [-0.1, -0.05) is 18.6 Å². The number of benzene rings is 1. The molecule has 0 bridgehead atoms. The average molecular weight is 301 g/mol. The highest BCUT2D eigenvalue weighted by Gasteiger charge is 2.07. The number of hydrogen-bond acceptors (Lipinski definition) is 4. The number of carbonyl (C=O) groups excluding carboxylic acids is 2. The van der Waals surface area contributed by atoms with E-state index < -0.39 is 0 Å². The van der Waals surface area contributed by atoms with Gasteiger partial charge in [-0.05, 0) is 25.0 Å². The van der Waals surface area contributed by atoms with Crippen LogP contribution in [0.3, 0.4) is 0 Å². The van der Waals surface area contributed by atoms with Crippen LogP contribution in [0.4, 0.5) is 5.69 Å². The first-order valence-corrected chi connectivity index (χ1v) is 6.34. The Morgan fingerprint density at radius 3 is 2.55 bits per heavy atom. The van der Waals surface area contributed by atoms with Gasteiger partial charge < -0.3 is 15.8 Å². The summed E-state index contributed by atoms with van der Waals surface area (Å²) in [6.45, 7) is 0.578. The Bertz CT molecular complexity index is 438. The van der Waals surface area contributed by atoms with Crippen molar-refractivity contribution in [1.82, 2.24) is 5.32 Å². The number of nitrogens with two attached hydrogens (primary N) is 1. The molecule has 0 heterocycles. The number of anilines is 1. The number of nitrogens with one attached hydrogen (secondary N) is 1. The van der Waals surface area contributed by atoms with Crippen molar-refractivity contribution in [1.29, 1.82) is 0 Å². The minimum Gasteiger partial charge on any atom is -0.469 e. The molecule has 0 saturated carbocycles. The molecule has 0 radical (unpaired) electrons. The normalized spacial score (nSPS) is 9.45. The van der Waals surface area contributed by atoms with Crippen LogP contribution in [-0.4, -0.2) is 25.5 Å². The number of amides is 1. The van der Waals surface area contributed by atoms with Crippen molar-refractivity contribution in [3.05, 3.63) is 29.8 Å². The molecule has 20 heavy (non-hydrogen) atoms. The zero-order valence-corrected chi connectivity index (χ0v) is 12.4. The maximum Gasteiger partial charge on any atom is 0.305 e. The minimum atomic E-state index is -0.193. The largest absolute Gasteiger partial charge is 0.469 e. The molecule has 1 amide bonds. The van der Waals surface area contributed by atoms with E-state index in [9.17, 15) is 9.59 Å². The fraction of sp³-hybridized carbons (Fsp3) is 0.429. The lowest BCUT2D eigenvalue weighted by atomic mass is 10.1. The first kappa shape index (κ1) is 18.2. The van der Waals surface area contributed by atoms with Gasteiger partial charge >= 0.3 is 5.97 Å². The topological polar surface area (TPSA) is 81.4 Å². The van der Waals surface area contributed by atoms with Crippen molar-refractivity contribution >= 4 is 30.0 Å². The second-order valence-electron chi connectivity index (χ2n) is 4.23. The second-order valence-corrected chi connectivity index (χ2v) is 4.23. The molecule has 0 aliphatic heterocycles. The van der Waals surface area contributed by atoms with Gasteiger partial charge in [0.25, 0.3) is 5.91 Å². The molecular formula is C14H21ClN2O3. The molecule has 0 aliphatic carbocycles. The van der Waals surface area contributed by atoms with Gasteiger partial charge in [-0.2, -0.15) is 0 Å². The standard InChI is InChI=1S/C14H20N2O3.ClH/c1-19-13(17)9-3-2-6-10-16-14(18)11-7-4-5-8-12(11)15;/h4-5,7-8H,2-3,6,9-10,15H2,1H3,(H,16,18);1H. The van der Waals surface area contributed by atoms with E-state index in [1.165, 1.54) is 7.11 Å². The molecule has 1 aromatic carbocycles. The number of unbranched alkanes of at least 4 members (excludes halogenated alkanes) is 2. The molecule has 0 aromatic heterocycles. The van der Waals surface area contributed by atoms with Gasteiger partial charge in [0.15, 0.2) is 0 Å². The Labute approximate surface area is 125 Å². The zero-order chi connectivity index (χ0) is 14.1. The molecule has 6 heteroatoms. The molecule has 1 rings (SSSR count). The van der Waals surface area contributed by atoms with Crippen molar-refractivity contribution in [2.45, 2.75) is 25.7 Å². The van der Waals surface area contributed by atoms with Gasteiger partial charge in [0, 0.05) is 18.7 Å². The number of halogens is 1. The molecule has 0 unspecified atom stereocenters. The van der Waals surface area contributed by atoms with E-state index >= 15 is 0 Å². The molecule has 1 aromatic rings. The van der Waals surface area contributed by atoms with Crippen molar-refractivity contribution in [3.63, 3.8) is 0 Å². The third-order valence-electron chi connectivity index (χ3n) is 2.78. The van der Waals surface area contributed by atoms with E-state index in [2.05, 4.69) is 10.1 Å². The predicted molar refractivity (Wildman–Crippen MR) is 80.9 cm³/mol. The number of para-hydroxylation sites is 1. The van der Waals surface area contributed by atoms with E-state index in [4.69, 9.17) is 5.73 Å². The van der Waals surface area contributed by atoms with Gasteiger partial charge in [0.1, 0.15) is 0 Å². The highest BCUT2D eigenvalue weighted by molar-refractivity contribution is 5.99. The summed E-state index contributed by atoms with van der Waals surface area (Å²) in [4.78, 5) is 22.7. The third kappa shape index (κ3) is 6.43. The SMILES string of the molecule is COC(=O)CCCCCNC(=O)c1ccccc1N.Cl. The van der Waals surface area contributed by atoms with Crippen LogP contribution < -0.4 is 11.1 Å². The first-order valence-electron chi connectivity index (χ1n) is 6.34. The fourth-order valence-electron chi connectivity index (χ4n) is 1.67. The Morgan fingerprint density at radius 2 is 1.90 bits per heavy atom. The smallest absolute Gasteiger partial charge is 0.305 e. The van der Waals surface area contributed by atoms with E-state index in [0.717, 1.165) is 19.3 Å². The van der Waals surface area contributed by atoms with Crippen molar-refractivity contribution in [2.75, 3.05) is 19.4 Å². The van der Waals surface area contributed by atoms with E-state index in [1.54, 1.807) is 24.3 Å². The highest BCUT2D eigenvalue weighted by Crippen LogP contribution is 2.10. The zero-order valence-electron chi connectivity index (χ0n) is 11.6. The van der Waals surface area contributed by atoms with Crippen LogP contribution in [0.1, 0.15) is 36.0 Å². The summed E-state index contributed by atoms with van der Waals surface area (Å²) in [6.07, 6.45) is 2.90. The van der Waals surface area contributed by atoms with E-state index in [1.807, 2.05) is 0 Å². The van der Waals surface area contributed by atoms with Crippen LogP contribution in [0.25, 0.3) is 0 Å². The maximum absolute atomic E-state index is 11.8. The lowest BCUT2D eigenvalue weighted by Gasteiger charge is -2.07. The van der Waals surface area contributed by atoms with Crippen LogP contribution in [-0.2, 0) is 9.53 Å². The molecular weight excluding hydrogens is 280 g/mol. The summed E-state index contributed by atoms with van der Waals surface area (Å²) >= 11 is 0. The number of ether oxygens (including phenoxy) is 1. The summed E-state index contributed by atoms with van der Waals surface area (Å²) in [7, 11) is 1.38. The van der Waals surface area contributed by atoms with Crippen molar-refractivity contribution in [3.8, 4) is 0 Å². The number of rotatable bonds is 7. The van der Waals surface area contributed by atoms with Crippen LogP contribution in [0.2, 0.25) is 0 Å². The summed E-state index contributed by atoms with van der Waals surface area (Å²) in [5.74, 6) is -0.354. The van der Waals surface area contributed by atoms with Gasteiger partial charge in [0.05, 0.1) is 12.7 Å².